The molecular formula is C38H50N4O7. The van der Waals surface area contributed by atoms with Gasteiger partial charge in [0.15, 0.2) is 11.8 Å². The van der Waals surface area contributed by atoms with Gasteiger partial charge in [-0.2, -0.15) is 0 Å². The van der Waals surface area contributed by atoms with Crippen LogP contribution < -0.4 is 10.2 Å². The monoisotopic (exact) mass is 674 g/mol. The van der Waals surface area contributed by atoms with Gasteiger partial charge in [0.05, 0.1) is 16.5 Å². The minimum atomic E-state index is -1.16. The highest BCUT2D eigenvalue weighted by Gasteiger charge is 2.39. The van der Waals surface area contributed by atoms with Crippen molar-refractivity contribution in [1.82, 2.24) is 10.2 Å². The van der Waals surface area contributed by atoms with Crippen molar-refractivity contribution < 1.29 is 33.8 Å². The number of carbonyl (C=O) groups is 4. The van der Waals surface area contributed by atoms with Crippen LogP contribution in [0.5, 0.6) is 0 Å². The number of carbonyl (C=O) groups excluding carboxylic acids is 3. The van der Waals surface area contributed by atoms with E-state index < -0.39 is 41.3 Å². The molecule has 11 nitrogen and oxygen atoms in total. The predicted octanol–water partition coefficient (Wildman–Crippen LogP) is 5.78. The van der Waals surface area contributed by atoms with Crippen molar-refractivity contribution in [3.05, 3.63) is 65.6 Å². The number of piperidine rings is 1. The number of esters is 2. The van der Waals surface area contributed by atoms with Crippen LogP contribution in [0.3, 0.4) is 0 Å². The van der Waals surface area contributed by atoms with E-state index in [2.05, 4.69) is 34.5 Å². The normalized spacial score (nSPS) is 17.4. The van der Waals surface area contributed by atoms with Crippen LogP contribution in [0, 0.1) is 16.7 Å². The summed E-state index contributed by atoms with van der Waals surface area (Å²) in [6.45, 7) is 13.9. The maximum Gasteiger partial charge on any atom is 0.322 e. The Bertz CT molecular complexity index is 1590. The van der Waals surface area contributed by atoms with E-state index in [0.29, 0.717) is 23.9 Å². The minimum absolute atomic E-state index is 0.116. The first-order valence-electron chi connectivity index (χ1n) is 16.8. The van der Waals surface area contributed by atoms with Crippen LogP contribution in [-0.2, 0) is 35.3 Å². The molecule has 11 heteroatoms. The Hall–Kier alpha value is -4.67. The molecular weight excluding hydrogens is 624 g/mol. The van der Waals surface area contributed by atoms with Crippen LogP contribution >= 0.6 is 0 Å². The summed E-state index contributed by atoms with van der Waals surface area (Å²) in [6.07, 6.45) is 2.50. The number of carboxylic acids is 1. The number of benzene rings is 2. The van der Waals surface area contributed by atoms with Gasteiger partial charge in [-0.1, -0.05) is 36.4 Å². The molecule has 0 radical (unpaired) electrons. The molecule has 2 N–H and O–H groups in total. The molecule has 1 fully saturated rings. The van der Waals surface area contributed by atoms with Gasteiger partial charge >= 0.3 is 17.9 Å². The first-order valence-corrected chi connectivity index (χ1v) is 16.8. The Morgan fingerprint density at radius 1 is 0.878 bits per heavy atom. The van der Waals surface area contributed by atoms with Crippen molar-refractivity contribution in [2.24, 2.45) is 21.7 Å². The van der Waals surface area contributed by atoms with E-state index in [1.165, 1.54) is 0 Å². The average Bonchev–Trinajstić information content (AvgIpc) is 3.04. The summed E-state index contributed by atoms with van der Waals surface area (Å²) in [5.74, 6) is -1.31. The van der Waals surface area contributed by atoms with Crippen molar-refractivity contribution in [3.8, 4) is 11.1 Å². The highest BCUT2D eigenvalue weighted by Crippen LogP contribution is 2.32. The summed E-state index contributed by atoms with van der Waals surface area (Å²) in [5, 5.41) is 11.6. The minimum Gasteiger partial charge on any atom is -0.480 e. The van der Waals surface area contributed by atoms with Gasteiger partial charge < -0.3 is 29.7 Å². The molecule has 0 aliphatic carbocycles. The summed E-state index contributed by atoms with van der Waals surface area (Å²) in [4.78, 5) is 58.1. The van der Waals surface area contributed by atoms with Crippen LogP contribution in [0.15, 0.2) is 65.0 Å². The SMILES string of the molecule is CC1=C(OC(=O)C(C)(C)C)C(C(=O)NCC(=O)O)N(C)C(CC2CCN(c3ccc(-c4ccc(COC(=O)C(C)(C)C)cc4)cc3)CC2)=N1. The average molecular weight is 675 g/mol. The standard InChI is InChI=1S/C38H50N4O7/c1-24-33(49-36(47)38(5,6)7)32(34(45)39-22-31(43)44)41(8)30(40-24)21-25-17-19-42(20-18-25)29-15-13-28(14-16-29)27-11-9-26(10-12-27)23-48-35(46)37(2,3)4/h9-16,25,32H,17-23H2,1-8H3,(H,39,45)(H,43,44). The number of carboxylic acid groups (broad SMARTS) is 1. The zero-order valence-corrected chi connectivity index (χ0v) is 30.0. The molecule has 0 spiro atoms. The summed E-state index contributed by atoms with van der Waals surface area (Å²) in [7, 11) is 1.73. The van der Waals surface area contributed by atoms with E-state index in [4.69, 9.17) is 19.6 Å². The van der Waals surface area contributed by atoms with Crippen molar-refractivity contribution in [1.29, 1.82) is 0 Å². The molecule has 2 heterocycles. The molecule has 0 saturated carbocycles. The Labute approximate surface area is 289 Å². The maximum absolute atomic E-state index is 13.2. The third-order valence-corrected chi connectivity index (χ3v) is 8.76. The Balaban J connectivity index is 1.37. The smallest absolute Gasteiger partial charge is 0.322 e. The molecule has 264 valence electrons. The van der Waals surface area contributed by atoms with E-state index in [0.717, 1.165) is 48.3 Å². The van der Waals surface area contributed by atoms with E-state index in [9.17, 15) is 19.2 Å². The summed E-state index contributed by atoms with van der Waals surface area (Å²) >= 11 is 0. The van der Waals surface area contributed by atoms with Crippen LogP contribution in [0.2, 0.25) is 0 Å². The highest BCUT2D eigenvalue weighted by molar-refractivity contribution is 5.95. The molecule has 2 aliphatic heterocycles. The second kappa shape index (κ2) is 15.3. The number of rotatable bonds is 10. The third-order valence-electron chi connectivity index (χ3n) is 8.76. The topological polar surface area (TPSA) is 138 Å². The summed E-state index contributed by atoms with van der Waals surface area (Å²) in [6, 6.07) is 15.6. The number of hydrogen-bond acceptors (Lipinski definition) is 9. The number of amides is 1. The fourth-order valence-corrected chi connectivity index (χ4v) is 5.65. The second-order valence-corrected chi connectivity index (χ2v) is 14.9. The number of amidine groups is 1. The van der Waals surface area contributed by atoms with Crippen molar-refractivity contribution in [2.45, 2.75) is 80.4 Å². The Kier molecular flexibility index (Phi) is 11.6. The van der Waals surface area contributed by atoms with E-state index in [1.54, 1.807) is 39.6 Å². The van der Waals surface area contributed by atoms with Gasteiger partial charge in [-0.05, 0) is 96.0 Å². The molecule has 0 bridgehead atoms. The van der Waals surface area contributed by atoms with E-state index >= 15 is 0 Å². The lowest BCUT2D eigenvalue weighted by Crippen LogP contribution is -2.53. The number of allylic oxidation sites excluding steroid dienone is 1. The van der Waals surface area contributed by atoms with Crippen molar-refractivity contribution in [2.75, 3.05) is 31.6 Å². The fourth-order valence-electron chi connectivity index (χ4n) is 5.65. The van der Waals surface area contributed by atoms with Crippen molar-refractivity contribution >= 4 is 35.3 Å². The first-order chi connectivity index (χ1) is 22.9. The van der Waals surface area contributed by atoms with Crippen LogP contribution in [0.25, 0.3) is 11.1 Å². The van der Waals surface area contributed by atoms with Gasteiger partial charge in [-0.25, -0.2) is 4.99 Å². The van der Waals surface area contributed by atoms with Gasteiger partial charge in [0, 0.05) is 32.2 Å². The fraction of sp³-hybridized carbons (Fsp3) is 0.500. The number of ether oxygens (including phenoxy) is 2. The number of aliphatic imine (C=N–C) groups is 1. The zero-order chi connectivity index (χ0) is 36.1. The van der Waals surface area contributed by atoms with Gasteiger partial charge in [0.25, 0.3) is 5.91 Å². The number of likely N-dealkylation sites (N-methyl/N-ethyl adjacent to an activating group) is 1. The van der Waals surface area contributed by atoms with Gasteiger partial charge in [-0.3, -0.25) is 19.2 Å². The van der Waals surface area contributed by atoms with Crippen LogP contribution in [0.4, 0.5) is 5.69 Å². The number of nitrogens with one attached hydrogen (secondary N) is 1. The third kappa shape index (κ3) is 9.70. The lowest BCUT2D eigenvalue weighted by atomic mass is 9.91. The molecule has 0 aromatic heterocycles. The molecule has 2 aliphatic rings. The quantitative estimate of drug-likeness (QED) is 0.300. The van der Waals surface area contributed by atoms with E-state index in [-0.39, 0.29) is 18.3 Å². The largest absolute Gasteiger partial charge is 0.480 e. The molecule has 1 unspecified atom stereocenters. The molecule has 1 atom stereocenters. The van der Waals surface area contributed by atoms with Crippen LogP contribution in [-0.4, -0.2) is 72.4 Å². The maximum atomic E-state index is 13.2. The molecule has 1 saturated heterocycles. The Morgan fingerprint density at radius 2 is 1.43 bits per heavy atom. The van der Waals surface area contributed by atoms with Gasteiger partial charge in [-0.15, -0.1) is 0 Å². The Morgan fingerprint density at radius 3 is 1.96 bits per heavy atom. The predicted molar refractivity (Wildman–Crippen MR) is 189 cm³/mol. The number of hydrogen-bond donors (Lipinski definition) is 2. The lowest BCUT2D eigenvalue weighted by molar-refractivity contribution is -0.154. The molecule has 49 heavy (non-hydrogen) atoms. The first kappa shape index (κ1) is 37.2. The molecule has 2 aromatic rings. The van der Waals surface area contributed by atoms with E-state index in [1.807, 2.05) is 45.0 Å². The number of aliphatic carboxylic acids is 1. The van der Waals surface area contributed by atoms with Gasteiger partial charge in [0.2, 0.25) is 0 Å². The number of nitrogens with zero attached hydrogens (tertiary/aromatic N) is 3. The number of anilines is 1. The summed E-state index contributed by atoms with van der Waals surface area (Å²) in [5.41, 5.74) is 3.38. The lowest BCUT2D eigenvalue weighted by Gasteiger charge is -2.38. The summed E-state index contributed by atoms with van der Waals surface area (Å²) < 4.78 is 11.1. The zero-order valence-electron chi connectivity index (χ0n) is 30.0. The molecule has 1 amide bonds. The molecule has 4 rings (SSSR count). The highest BCUT2D eigenvalue weighted by atomic mass is 16.5. The van der Waals surface area contributed by atoms with Gasteiger partial charge in [0.1, 0.15) is 19.0 Å². The molecule has 2 aromatic carbocycles. The van der Waals surface area contributed by atoms with Crippen molar-refractivity contribution in [3.63, 3.8) is 0 Å². The van der Waals surface area contributed by atoms with Crippen LogP contribution in [0.1, 0.15) is 73.3 Å². The second-order valence-electron chi connectivity index (χ2n) is 14.9.